The highest BCUT2D eigenvalue weighted by Crippen LogP contribution is 2.39. The van der Waals surface area contributed by atoms with Gasteiger partial charge in [-0.05, 0) is 62.4 Å². The van der Waals surface area contributed by atoms with Crippen molar-refractivity contribution in [1.29, 1.82) is 0 Å². The molecule has 1 aliphatic rings. The van der Waals surface area contributed by atoms with E-state index in [1.54, 1.807) is 37.3 Å². The van der Waals surface area contributed by atoms with E-state index < -0.39 is 28.4 Å². The Morgan fingerprint density at radius 1 is 1.03 bits per heavy atom. The summed E-state index contributed by atoms with van der Waals surface area (Å²) in [6.45, 7) is 1.37. The number of carbonyl (C=O) groups excluding carboxylic acids is 2. The van der Waals surface area contributed by atoms with E-state index in [1.165, 1.54) is 43.8 Å². The van der Waals surface area contributed by atoms with Gasteiger partial charge in [0.1, 0.15) is 23.0 Å². The quantitative estimate of drug-likeness (QED) is 0.361. The fraction of sp³-hybridized carbons (Fsp3) is 0.333. The van der Waals surface area contributed by atoms with Crippen molar-refractivity contribution in [3.05, 3.63) is 64.5 Å². The zero-order valence-corrected chi connectivity index (χ0v) is 23.1. The van der Waals surface area contributed by atoms with Crippen LogP contribution in [0.25, 0.3) is 0 Å². The van der Waals surface area contributed by atoms with Crippen molar-refractivity contribution in [1.82, 2.24) is 0 Å². The number of anilines is 2. The molecule has 0 fully saturated rings. The molecule has 0 unspecified atom stereocenters. The number of esters is 1. The van der Waals surface area contributed by atoms with Gasteiger partial charge in [0, 0.05) is 10.9 Å². The molecule has 1 aliphatic carbocycles. The van der Waals surface area contributed by atoms with Crippen molar-refractivity contribution in [3.63, 3.8) is 0 Å². The van der Waals surface area contributed by atoms with Crippen molar-refractivity contribution in [2.75, 3.05) is 37.0 Å². The molecule has 9 nitrogen and oxygen atoms in total. The first-order chi connectivity index (χ1) is 18.3. The van der Waals surface area contributed by atoms with Crippen LogP contribution < -0.4 is 19.1 Å². The third-order valence-corrected chi connectivity index (χ3v) is 9.16. The van der Waals surface area contributed by atoms with Crippen LogP contribution in [0.4, 0.5) is 10.7 Å². The van der Waals surface area contributed by atoms with Gasteiger partial charge in [-0.25, -0.2) is 13.2 Å². The fourth-order valence-corrected chi connectivity index (χ4v) is 7.12. The van der Waals surface area contributed by atoms with Crippen LogP contribution in [-0.4, -0.2) is 47.7 Å². The molecular formula is C27H30N2O7S2. The summed E-state index contributed by atoms with van der Waals surface area (Å²) in [5.74, 6) is -0.467. The maximum atomic E-state index is 13.8. The molecule has 0 atom stereocenters. The van der Waals surface area contributed by atoms with Gasteiger partial charge >= 0.3 is 5.97 Å². The molecule has 2 aromatic carbocycles. The summed E-state index contributed by atoms with van der Waals surface area (Å²) in [6, 6.07) is 12.5. The van der Waals surface area contributed by atoms with Crippen molar-refractivity contribution >= 4 is 43.9 Å². The molecule has 1 amide bonds. The number of nitrogens with zero attached hydrogens (tertiary/aromatic N) is 1. The lowest BCUT2D eigenvalue weighted by molar-refractivity contribution is -0.114. The number of rotatable bonds is 10. The Hall–Kier alpha value is -3.57. The summed E-state index contributed by atoms with van der Waals surface area (Å²) >= 11 is 1.34. The summed E-state index contributed by atoms with van der Waals surface area (Å²) in [7, 11) is -1.31. The lowest BCUT2D eigenvalue weighted by atomic mass is 9.95. The van der Waals surface area contributed by atoms with Gasteiger partial charge in [-0.1, -0.05) is 18.2 Å². The van der Waals surface area contributed by atoms with Gasteiger partial charge in [-0.15, -0.1) is 11.3 Å². The molecular weight excluding hydrogens is 528 g/mol. The van der Waals surface area contributed by atoms with Crippen LogP contribution in [0.5, 0.6) is 11.5 Å². The second-order valence-corrected chi connectivity index (χ2v) is 11.5. The Bertz CT molecular complexity index is 1420. The normalized spacial score (nSPS) is 12.8. The Labute approximate surface area is 226 Å². The topological polar surface area (TPSA) is 111 Å². The van der Waals surface area contributed by atoms with Crippen LogP contribution >= 0.6 is 11.3 Å². The summed E-state index contributed by atoms with van der Waals surface area (Å²) < 4.78 is 44.6. The van der Waals surface area contributed by atoms with Gasteiger partial charge in [-0.3, -0.25) is 9.10 Å². The lowest BCUT2D eigenvalue weighted by Gasteiger charge is -2.26. The SMILES string of the molecule is CCOC(=O)c1c(NC(=O)CN(c2cc(OC)ccc2OC)S(=O)(=O)c2ccccc2)sc2c1CCCC2. The van der Waals surface area contributed by atoms with Gasteiger partial charge in [0.05, 0.1) is 37.0 Å². The molecule has 11 heteroatoms. The minimum atomic E-state index is -4.19. The smallest absolute Gasteiger partial charge is 0.341 e. The minimum Gasteiger partial charge on any atom is -0.497 e. The second-order valence-electron chi connectivity index (χ2n) is 8.55. The van der Waals surface area contributed by atoms with E-state index in [-0.39, 0.29) is 22.9 Å². The number of thiophene rings is 1. The second kappa shape index (κ2) is 11.9. The predicted molar refractivity (Wildman–Crippen MR) is 146 cm³/mol. The van der Waals surface area contributed by atoms with E-state index >= 15 is 0 Å². The molecule has 0 saturated carbocycles. The van der Waals surface area contributed by atoms with Crippen LogP contribution in [0.2, 0.25) is 0 Å². The molecule has 3 aromatic rings. The fourth-order valence-electron chi connectivity index (χ4n) is 4.38. The monoisotopic (exact) mass is 558 g/mol. The molecule has 0 spiro atoms. The number of hydrogen-bond donors (Lipinski definition) is 1. The number of carbonyl (C=O) groups is 2. The molecule has 1 N–H and O–H groups in total. The molecule has 0 radical (unpaired) electrons. The van der Waals surface area contributed by atoms with Crippen LogP contribution in [0.15, 0.2) is 53.4 Å². The third-order valence-electron chi connectivity index (χ3n) is 6.18. The van der Waals surface area contributed by atoms with E-state index in [2.05, 4.69) is 5.32 Å². The van der Waals surface area contributed by atoms with Gasteiger partial charge in [0.15, 0.2) is 0 Å². The average Bonchev–Trinajstić information content (AvgIpc) is 3.29. The van der Waals surface area contributed by atoms with Crippen LogP contribution in [-0.2, 0) is 32.4 Å². The van der Waals surface area contributed by atoms with Crippen molar-refractivity contribution in [2.45, 2.75) is 37.5 Å². The maximum Gasteiger partial charge on any atom is 0.341 e. The number of aryl methyl sites for hydroxylation is 1. The van der Waals surface area contributed by atoms with Gasteiger partial charge < -0.3 is 19.5 Å². The van der Waals surface area contributed by atoms with Crippen molar-refractivity contribution < 1.29 is 32.2 Å². The van der Waals surface area contributed by atoms with Gasteiger partial charge in [-0.2, -0.15) is 0 Å². The number of ether oxygens (including phenoxy) is 3. The Kier molecular flexibility index (Phi) is 8.58. The van der Waals surface area contributed by atoms with Crippen molar-refractivity contribution in [3.8, 4) is 11.5 Å². The average molecular weight is 559 g/mol. The molecule has 202 valence electrons. The zero-order chi connectivity index (χ0) is 27.3. The van der Waals surface area contributed by atoms with Gasteiger partial charge in [0.2, 0.25) is 5.91 Å². The van der Waals surface area contributed by atoms with E-state index in [0.717, 1.165) is 40.4 Å². The number of fused-ring (bicyclic) bond motifs is 1. The van der Waals surface area contributed by atoms with E-state index in [4.69, 9.17) is 14.2 Å². The largest absolute Gasteiger partial charge is 0.497 e. The summed E-state index contributed by atoms with van der Waals surface area (Å²) in [5.41, 5.74) is 1.40. The maximum absolute atomic E-state index is 13.8. The first kappa shape index (κ1) is 27.5. The minimum absolute atomic E-state index is 0.0106. The van der Waals surface area contributed by atoms with E-state index in [1.807, 2.05) is 0 Å². The molecule has 0 saturated heterocycles. The van der Waals surface area contributed by atoms with Crippen LogP contribution in [0, 0.1) is 0 Å². The zero-order valence-electron chi connectivity index (χ0n) is 21.5. The number of nitrogens with one attached hydrogen (secondary N) is 1. The molecule has 0 bridgehead atoms. The number of sulfonamides is 1. The van der Waals surface area contributed by atoms with Crippen LogP contribution in [0.1, 0.15) is 40.6 Å². The Morgan fingerprint density at radius 2 is 1.76 bits per heavy atom. The third kappa shape index (κ3) is 5.63. The number of benzene rings is 2. The lowest BCUT2D eigenvalue weighted by Crippen LogP contribution is -2.38. The Balaban J connectivity index is 1.73. The summed E-state index contributed by atoms with van der Waals surface area (Å²) in [6.07, 6.45) is 3.49. The highest BCUT2D eigenvalue weighted by molar-refractivity contribution is 7.92. The summed E-state index contributed by atoms with van der Waals surface area (Å²) in [4.78, 5) is 27.3. The van der Waals surface area contributed by atoms with Gasteiger partial charge in [0.25, 0.3) is 10.0 Å². The first-order valence-corrected chi connectivity index (χ1v) is 14.5. The highest BCUT2D eigenvalue weighted by Gasteiger charge is 2.32. The number of hydrogen-bond acceptors (Lipinski definition) is 8. The van der Waals surface area contributed by atoms with E-state index in [9.17, 15) is 18.0 Å². The highest BCUT2D eigenvalue weighted by atomic mass is 32.2. The van der Waals surface area contributed by atoms with E-state index in [0.29, 0.717) is 16.3 Å². The molecule has 1 heterocycles. The molecule has 38 heavy (non-hydrogen) atoms. The predicted octanol–water partition coefficient (Wildman–Crippen LogP) is 4.65. The first-order valence-electron chi connectivity index (χ1n) is 12.2. The number of methoxy groups -OCH3 is 2. The molecule has 0 aliphatic heterocycles. The number of amides is 1. The standard InChI is InChI=1S/C27H30N2O7S2/c1-4-36-27(31)25-20-12-8-9-13-23(20)37-26(25)28-24(30)17-29(38(32,33)19-10-6-5-7-11-19)21-16-18(34-2)14-15-22(21)35-3/h5-7,10-11,14-16H,4,8-9,12-13,17H2,1-3H3,(H,28,30). The summed E-state index contributed by atoms with van der Waals surface area (Å²) in [5, 5.41) is 3.17. The van der Waals surface area contributed by atoms with Crippen LogP contribution in [0.3, 0.4) is 0 Å². The molecule has 1 aromatic heterocycles. The molecule has 4 rings (SSSR count). The van der Waals surface area contributed by atoms with Crippen molar-refractivity contribution in [2.24, 2.45) is 0 Å². The Morgan fingerprint density at radius 3 is 2.45 bits per heavy atom.